The number of hydrogen-bond acceptors (Lipinski definition) is 1. The number of aliphatic hydroxyl groups is 1. The van der Waals surface area contributed by atoms with E-state index in [-0.39, 0.29) is 0 Å². The molecule has 0 aromatic heterocycles. The highest BCUT2D eigenvalue weighted by Gasteiger charge is 1.98. The largest absolute Gasteiger partial charge is 0.516 e. The predicted octanol–water partition coefficient (Wildman–Crippen LogP) is 6.15. The van der Waals surface area contributed by atoms with Gasteiger partial charge >= 0.3 is 0 Å². The fourth-order valence-corrected chi connectivity index (χ4v) is 2.17. The topological polar surface area (TPSA) is 20.2 Å². The highest BCUT2D eigenvalue weighted by Crippen LogP contribution is 2.17. The van der Waals surface area contributed by atoms with Crippen LogP contribution in [0.1, 0.15) is 90.9 Å². The van der Waals surface area contributed by atoms with Crippen molar-refractivity contribution in [2.75, 3.05) is 0 Å². The third-order valence-corrected chi connectivity index (χ3v) is 3.39. The van der Waals surface area contributed by atoms with E-state index in [4.69, 9.17) is 5.11 Å². The van der Waals surface area contributed by atoms with E-state index < -0.39 is 0 Å². The fraction of sp³-hybridized carbons (Fsp3) is 0.875. The van der Waals surface area contributed by atoms with E-state index in [9.17, 15) is 0 Å². The Morgan fingerprint density at radius 1 is 0.706 bits per heavy atom. The molecular weight excluding hydrogens is 208 g/mol. The lowest BCUT2D eigenvalue weighted by atomic mass is 10.0. The molecular formula is C16H32O. The summed E-state index contributed by atoms with van der Waals surface area (Å²) in [5, 5.41) is 9.16. The number of allylic oxidation sites excluding steroid dienone is 1. The van der Waals surface area contributed by atoms with Gasteiger partial charge in [0.25, 0.3) is 0 Å². The molecule has 0 aromatic rings. The first-order chi connectivity index (χ1) is 8.35. The average molecular weight is 240 g/mol. The van der Waals surface area contributed by atoms with Crippen LogP contribution in [-0.2, 0) is 0 Å². The van der Waals surface area contributed by atoms with Crippen molar-refractivity contribution in [3.63, 3.8) is 0 Å². The minimum Gasteiger partial charge on any atom is -0.516 e. The van der Waals surface area contributed by atoms with Gasteiger partial charge in [0.15, 0.2) is 0 Å². The lowest BCUT2D eigenvalue weighted by Gasteiger charge is -2.06. The maximum Gasteiger partial charge on any atom is 0.0783 e. The molecule has 17 heavy (non-hydrogen) atoms. The Morgan fingerprint density at radius 3 is 1.59 bits per heavy atom. The van der Waals surface area contributed by atoms with E-state index in [0.29, 0.717) is 0 Å². The number of aliphatic hydroxyl groups excluding tert-OH is 1. The first-order valence-electron chi connectivity index (χ1n) is 7.67. The summed E-state index contributed by atoms with van der Waals surface area (Å²) < 4.78 is 0. The highest BCUT2D eigenvalue weighted by atomic mass is 16.2. The standard InChI is InChI=1S/C16H32O/c1-3-5-7-9-10-12-14-16(15-17)13-11-8-6-4-2/h15,17H,3-14H2,1-2H3. The minimum absolute atomic E-state index is 1.10. The molecule has 0 bridgehead atoms. The van der Waals surface area contributed by atoms with Gasteiger partial charge in [-0.05, 0) is 31.3 Å². The Bertz CT molecular complexity index is 172. The Kier molecular flexibility index (Phi) is 13.2. The van der Waals surface area contributed by atoms with Crippen molar-refractivity contribution in [1.29, 1.82) is 0 Å². The molecule has 0 aromatic carbocycles. The van der Waals surface area contributed by atoms with E-state index in [0.717, 1.165) is 12.8 Å². The average Bonchev–Trinajstić information content (AvgIpc) is 2.36. The van der Waals surface area contributed by atoms with E-state index >= 15 is 0 Å². The van der Waals surface area contributed by atoms with Crippen molar-refractivity contribution in [3.05, 3.63) is 11.8 Å². The predicted molar refractivity (Wildman–Crippen MR) is 77.5 cm³/mol. The quantitative estimate of drug-likeness (QED) is 0.320. The molecule has 0 aliphatic carbocycles. The summed E-state index contributed by atoms with van der Waals surface area (Å²) in [5.41, 5.74) is 1.26. The number of unbranched alkanes of at least 4 members (excludes halogenated alkanes) is 8. The second-order valence-corrected chi connectivity index (χ2v) is 5.12. The van der Waals surface area contributed by atoms with Gasteiger partial charge in [-0.1, -0.05) is 65.2 Å². The minimum atomic E-state index is 1.10. The van der Waals surface area contributed by atoms with Crippen molar-refractivity contribution in [2.45, 2.75) is 90.9 Å². The number of rotatable bonds is 12. The molecule has 1 N–H and O–H groups in total. The zero-order valence-corrected chi connectivity index (χ0v) is 12.0. The van der Waals surface area contributed by atoms with Crippen LogP contribution in [0.25, 0.3) is 0 Å². The van der Waals surface area contributed by atoms with Crippen LogP contribution in [0.15, 0.2) is 11.8 Å². The van der Waals surface area contributed by atoms with Crippen LogP contribution >= 0.6 is 0 Å². The Balaban J connectivity index is 3.36. The Labute approximate surface area is 108 Å². The van der Waals surface area contributed by atoms with Crippen LogP contribution < -0.4 is 0 Å². The summed E-state index contributed by atoms with van der Waals surface area (Å²) in [5.74, 6) is 0. The van der Waals surface area contributed by atoms with Crippen LogP contribution in [0.5, 0.6) is 0 Å². The Hall–Kier alpha value is -0.460. The van der Waals surface area contributed by atoms with Crippen LogP contribution in [0.3, 0.4) is 0 Å². The van der Waals surface area contributed by atoms with Gasteiger partial charge in [-0.25, -0.2) is 0 Å². The molecule has 0 spiro atoms. The molecule has 0 aliphatic heterocycles. The molecule has 0 aliphatic rings. The van der Waals surface area contributed by atoms with Gasteiger partial charge in [0.1, 0.15) is 0 Å². The normalized spacial score (nSPS) is 12.0. The highest BCUT2D eigenvalue weighted by molar-refractivity contribution is 4.96. The molecule has 102 valence electrons. The molecule has 0 saturated carbocycles. The summed E-state index contributed by atoms with van der Waals surface area (Å²) >= 11 is 0. The van der Waals surface area contributed by atoms with Gasteiger partial charge < -0.3 is 5.11 Å². The molecule has 1 nitrogen and oxygen atoms in total. The SMILES string of the molecule is CCCCCCCCC(=CO)CCCCCC. The summed E-state index contributed by atoms with van der Waals surface area (Å²) in [6, 6.07) is 0. The zero-order chi connectivity index (χ0) is 12.8. The second kappa shape index (κ2) is 13.6. The van der Waals surface area contributed by atoms with Crippen LogP contribution in [-0.4, -0.2) is 5.11 Å². The van der Waals surface area contributed by atoms with Crippen molar-refractivity contribution in [3.8, 4) is 0 Å². The van der Waals surface area contributed by atoms with Crippen molar-refractivity contribution >= 4 is 0 Å². The fourth-order valence-electron chi connectivity index (χ4n) is 2.17. The van der Waals surface area contributed by atoms with Gasteiger partial charge in [0.2, 0.25) is 0 Å². The van der Waals surface area contributed by atoms with E-state index in [1.165, 1.54) is 76.0 Å². The first kappa shape index (κ1) is 16.5. The van der Waals surface area contributed by atoms with Crippen LogP contribution in [0.2, 0.25) is 0 Å². The summed E-state index contributed by atoms with van der Waals surface area (Å²) in [4.78, 5) is 0. The molecule has 0 heterocycles. The smallest absolute Gasteiger partial charge is 0.0783 e. The molecule has 0 radical (unpaired) electrons. The molecule has 1 heteroatoms. The van der Waals surface area contributed by atoms with Crippen molar-refractivity contribution in [2.24, 2.45) is 0 Å². The third kappa shape index (κ3) is 11.8. The lowest BCUT2D eigenvalue weighted by Crippen LogP contribution is -1.87. The van der Waals surface area contributed by atoms with Gasteiger partial charge in [-0.15, -0.1) is 0 Å². The maximum atomic E-state index is 9.16. The van der Waals surface area contributed by atoms with Crippen molar-refractivity contribution < 1.29 is 5.11 Å². The molecule has 0 unspecified atom stereocenters. The Morgan fingerprint density at radius 2 is 1.12 bits per heavy atom. The van der Waals surface area contributed by atoms with Crippen LogP contribution in [0.4, 0.5) is 0 Å². The molecule has 0 rings (SSSR count). The van der Waals surface area contributed by atoms with Crippen molar-refractivity contribution in [1.82, 2.24) is 0 Å². The zero-order valence-electron chi connectivity index (χ0n) is 12.0. The van der Waals surface area contributed by atoms with E-state index in [1.807, 2.05) is 0 Å². The van der Waals surface area contributed by atoms with Crippen LogP contribution in [0, 0.1) is 0 Å². The third-order valence-electron chi connectivity index (χ3n) is 3.39. The lowest BCUT2D eigenvalue weighted by molar-refractivity contribution is 0.456. The van der Waals surface area contributed by atoms with Gasteiger partial charge in [0, 0.05) is 0 Å². The summed E-state index contributed by atoms with van der Waals surface area (Å²) in [6.07, 6.45) is 16.8. The molecule has 0 fully saturated rings. The summed E-state index contributed by atoms with van der Waals surface area (Å²) in [6.45, 7) is 4.49. The summed E-state index contributed by atoms with van der Waals surface area (Å²) in [7, 11) is 0. The molecule has 0 amide bonds. The van der Waals surface area contributed by atoms with Gasteiger partial charge in [-0.3, -0.25) is 0 Å². The number of hydrogen-bond donors (Lipinski definition) is 1. The molecule has 0 atom stereocenters. The van der Waals surface area contributed by atoms with Gasteiger partial charge in [-0.2, -0.15) is 0 Å². The monoisotopic (exact) mass is 240 g/mol. The van der Waals surface area contributed by atoms with Gasteiger partial charge in [0.05, 0.1) is 6.26 Å². The van der Waals surface area contributed by atoms with E-state index in [1.54, 1.807) is 0 Å². The second-order valence-electron chi connectivity index (χ2n) is 5.12. The van der Waals surface area contributed by atoms with E-state index in [2.05, 4.69) is 13.8 Å². The maximum absolute atomic E-state index is 9.16. The first-order valence-corrected chi connectivity index (χ1v) is 7.67. The molecule has 0 saturated heterocycles.